The number of nitrogens with one attached hydrogen (secondary N) is 1. The Kier molecular flexibility index (Phi) is 2.72. The highest BCUT2D eigenvalue weighted by atomic mass is 16.5. The van der Waals surface area contributed by atoms with E-state index in [2.05, 4.69) is 10.5 Å². The van der Waals surface area contributed by atoms with Crippen molar-refractivity contribution in [1.29, 1.82) is 0 Å². The van der Waals surface area contributed by atoms with Gasteiger partial charge in [0.05, 0.1) is 5.69 Å². The number of aromatic nitrogens is 1. The number of benzene rings is 1. The van der Waals surface area contributed by atoms with Gasteiger partial charge in [0.25, 0.3) is 0 Å². The molecule has 1 heterocycles. The largest absolute Gasteiger partial charge is 0.381 e. The second-order valence-electron chi connectivity index (χ2n) is 3.52. The summed E-state index contributed by atoms with van der Waals surface area (Å²) in [6.07, 6.45) is 0. The molecule has 1 N–H and O–H groups in total. The molecule has 0 amide bonds. The fourth-order valence-electron chi connectivity index (χ4n) is 1.50. The maximum absolute atomic E-state index is 5.09. The highest BCUT2D eigenvalue weighted by molar-refractivity contribution is 5.43. The van der Waals surface area contributed by atoms with Crippen molar-refractivity contribution in [3.63, 3.8) is 0 Å². The Labute approximate surface area is 89.1 Å². The van der Waals surface area contributed by atoms with Gasteiger partial charge in [0.1, 0.15) is 5.76 Å². The fourth-order valence-corrected chi connectivity index (χ4v) is 1.50. The van der Waals surface area contributed by atoms with E-state index >= 15 is 0 Å². The summed E-state index contributed by atoms with van der Waals surface area (Å²) in [5.41, 5.74) is 3.20. The van der Waals surface area contributed by atoms with Gasteiger partial charge in [-0.3, -0.25) is 0 Å². The Bertz CT molecular complexity index is 415. The molecule has 3 nitrogen and oxygen atoms in total. The van der Waals surface area contributed by atoms with E-state index in [0.717, 1.165) is 29.2 Å². The minimum absolute atomic E-state index is 0.755. The summed E-state index contributed by atoms with van der Waals surface area (Å²) < 4.78 is 5.09. The second kappa shape index (κ2) is 4.17. The molecule has 0 unspecified atom stereocenters. The number of anilines is 1. The number of rotatable bonds is 3. The first-order valence-corrected chi connectivity index (χ1v) is 4.98. The third-order valence-electron chi connectivity index (χ3n) is 2.42. The van der Waals surface area contributed by atoms with E-state index in [1.165, 1.54) is 0 Å². The quantitative estimate of drug-likeness (QED) is 0.831. The molecule has 0 saturated heterocycles. The maximum atomic E-state index is 5.09. The van der Waals surface area contributed by atoms with Crippen LogP contribution in [0.25, 0.3) is 0 Å². The van der Waals surface area contributed by atoms with Crippen LogP contribution in [0.2, 0.25) is 0 Å². The van der Waals surface area contributed by atoms with Crippen molar-refractivity contribution >= 4 is 5.69 Å². The van der Waals surface area contributed by atoms with Gasteiger partial charge in [-0.15, -0.1) is 0 Å². The minimum Gasteiger partial charge on any atom is -0.381 e. The van der Waals surface area contributed by atoms with Gasteiger partial charge < -0.3 is 9.84 Å². The van der Waals surface area contributed by atoms with Crippen molar-refractivity contribution in [2.75, 3.05) is 5.32 Å². The van der Waals surface area contributed by atoms with Crippen LogP contribution in [0.5, 0.6) is 0 Å². The SMILES string of the molecule is Cc1noc(C)c1CNc1ccccc1. The zero-order valence-electron chi connectivity index (χ0n) is 8.95. The molecule has 0 saturated carbocycles. The standard InChI is InChI=1S/C12H14N2O/c1-9-12(10(2)15-14-9)8-13-11-6-4-3-5-7-11/h3-7,13H,8H2,1-2H3. The molecule has 0 spiro atoms. The zero-order chi connectivity index (χ0) is 10.7. The van der Waals surface area contributed by atoms with Crippen LogP contribution in [-0.4, -0.2) is 5.16 Å². The molecule has 15 heavy (non-hydrogen) atoms. The zero-order valence-corrected chi connectivity index (χ0v) is 8.95. The van der Waals surface area contributed by atoms with Gasteiger partial charge >= 0.3 is 0 Å². The van der Waals surface area contributed by atoms with Gasteiger partial charge in [-0.1, -0.05) is 23.4 Å². The first-order chi connectivity index (χ1) is 7.27. The van der Waals surface area contributed by atoms with Crippen molar-refractivity contribution in [2.45, 2.75) is 20.4 Å². The summed E-state index contributed by atoms with van der Waals surface area (Å²) in [7, 11) is 0. The highest BCUT2D eigenvalue weighted by Crippen LogP contribution is 2.14. The molecule has 2 aromatic rings. The summed E-state index contributed by atoms with van der Waals surface area (Å²) in [6.45, 7) is 4.64. The van der Waals surface area contributed by atoms with E-state index in [0.29, 0.717) is 0 Å². The molecule has 0 radical (unpaired) electrons. The van der Waals surface area contributed by atoms with Crippen LogP contribution < -0.4 is 5.32 Å². The van der Waals surface area contributed by atoms with Crippen LogP contribution in [0.1, 0.15) is 17.0 Å². The number of hydrogen-bond donors (Lipinski definition) is 1. The van der Waals surface area contributed by atoms with E-state index in [4.69, 9.17) is 4.52 Å². The van der Waals surface area contributed by atoms with E-state index in [9.17, 15) is 0 Å². The third-order valence-corrected chi connectivity index (χ3v) is 2.42. The summed E-state index contributed by atoms with van der Waals surface area (Å²) in [5, 5.41) is 7.24. The Morgan fingerprint density at radius 2 is 1.93 bits per heavy atom. The number of aryl methyl sites for hydroxylation is 2. The van der Waals surface area contributed by atoms with Gasteiger partial charge in [-0.25, -0.2) is 0 Å². The van der Waals surface area contributed by atoms with Crippen LogP contribution in [-0.2, 0) is 6.54 Å². The predicted molar refractivity (Wildman–Crippen MR) is 59.7 cm³/mol. The van der Waals surface area contributed by atoms with Gasteiger partial charge in [-0.2, -0.15) is 0 Å². The molecule has 2 rings (SSSR count). The summed E-state index contributed by atoms with van der Waals surface area (Å²) >= 11 is 0. The van der Waals surface area contributed by atoms with Crippen LogP contribution in [0.3, 0.4) is 0 Å². The molecule has 0 aliphatic rings. The lowest BCUT2D eigenvalue weighted by Crippen LogP contribution is -2.00. The first-order valence-electron chi connectivity index (χ1n) is 4.98. The molecule has 0 fully saturated rings. The Morgan fingerprint density at radius 3 is 2.53 bits per heavy atom. The second-order valence-corrected chi connectivity index (χ2v) is 3.52. The van der Waals surface area contributed by atoms with Crippen LogP contribution in [0.4, 0.5) is 5.69 Å². The third kappa shape index (κ3) is 2.18. The topological polar surface area (TPSA) is 38.1 Å². The minimum atomic E-state index is 0.755. The first kappa shape index (κ1) is 9.77. The van der Waals surface area contributed by atoms with Crippen molar-refractivity contribution in [2.24, 2.45) is 0 Å². The Hall–Kier alpha value is -1.77. The van der Waals surface area contributed by atoms with E-state index < -0.39 is 0 Å². The molecule has 1 aromatic heterocycles. The molecule has 0 aliphatic heterocycles. The fraction of sp³-hybridized carbons (Fsp3) is 0.250. The van der Waals surface area contributed by atoms with E-state index in [1.807, 2.05) is 44.2 Å². The average molecular weight is 202 g/mol. The van der Waals surface area contributed by atoms with Crippen LogP contribution in [0, 0.1) is 13.8 Å². The van der Waals surface area contributed by atoms with Gasteiger partial charge in [0.15, 0.2) is 0 Å². The summed E-state index contributed by atoms with van der Waals surface area (Å²) in [4.78, 5) is 0. The summed E-state index contributed by atoms with van der Waals surface area (Å²) in [5.74, 6) is 0.885. The highest BCUT2D eigenvalue weighted by Gasteiger charge is 2.07. The predicted octanol–water partition coefficient (Wildman–Crippen LogP) is 2.90. The van der Waals surface area contributed by atoms with Crippen LogP contribution in [0.15, 0.2) is 34.9 Å². The molecule has 0 aliphatic carbocycles. The van der Waals surface area contributed by atoms with Gasteiger partial charge in [0.2, 0.25) is 0 Å². The molecule has 3 heteroatoms. The van der Waals surface area contributed by atoms with Crippen molar-refractivity contribution < 1.29 is 4.52 Å². The smallest absolute Gasteiger partial charge is 0.138 e. The monoisotopic (exact) mass is 202 g/mol. The molecule has 1 aromatic carbocycles. The van der Waals surface area contributed by atoms with Crippen molar-refractivity contribution in [3.05, 3.63) is 47.3 Å². The lowest BCUT2D eigenvalue weighted by Gasteiger charge is -2.04. The molecular weight excluding hydrogens is 188 g/mol. The Morgan fingerprint density at radius 1 is 1.20 bits per heavy atom. The molecular formula is C12H14N2O. The lowest BCUT2D eigenvalue weighted by molar-refractivity contribution is 0.392. The molecule has 78 valence electrons. The van der Waals surface area contributed by atoms with E-state index in [1.54, 1.807) is 0 Å². The maximum Gasteiger partial charge on any atom is 0.138 e. The number of para-hydroxylation sites is 1. The lowest BCUT2D eigenvalue weighted by atomic mass is 10.2. The number of nitrogens with zero attached hydrogens (tertiary/aromatic N) is 1. The normalized spacial score (nSPS) is 10.3. The van der Waals surface area contributed by atoms with Gasteiger partial charge in [-0.05, 0) is 26.0 Å². The van der Waals surface area contributed by atoms with Gasteiger partial charge in [0, 0.05) is 17.8 Å². The molecule has 0 atom stereocenters. The number of hydrogen-bond acceptors (Lipinski definition) is 3. The van der Waals surface area contributed by atoms with Crippen molar-refractivity contribution in [1.82, 2.24) is 5.16 Å². The average Bonchev–Trinajstić information content (AvgIpc) is 2.58. The van der Waals surface area contributed by atoms with Crippen LogP contribution >= 0.6 is 0 Å². The summed E-state index contributed by atoms with van der Waals surface area (Å²) in [6, 6.07) is 10.1. The van der Waals surface area contributed by atoms with E-state index in [-0.39, 0.29) is 0 Å². The molecule has 0 bridgehead atoms. The van der Waals surface area contributed by atoms with Crippen molar-refractivity contribution in [3.8, 4) is 0 Å². The Balaban J connectivity index is 2.05.